The van der Waals surface area contributed by atoms with Gasteiger partial charge in [-0.3, -0.25) is 19.8 Å². The number of hydrogen-bond acceptors (Lipinski definition) is 7. The minimum absolute atomic E-state index is 0. The van der Waals surface area contributed by atoms with Crippen molar-refractivity contribution in [3.05, 3.63) is 50.9 Å². The summed E-state index contributed by atoms with van der Waals surface area (Å²) in [6.45, 7) is 0.981. The number of amides is 1. The Hall–Kier alpha value is -2.21. The minimum atomic E-state index is -0.801. The van der Waals surface area contributed by atoms with Crippen LogP contribution in [-0.2, 0) is 0 Å². The Kier molecular flexibility index (Phi) is 7.58. The van der Waals surface area contributed by atoms with Gasteiger partial charge in [0.2, 0.25) is 0 Å². The van der Waals surface area contributed by atoms with Gasteiger partial charge in [-0.15, -0.1) is 12.4 Å². The fraction of sp³-hybridized carbons (Fsp3) is 0.294. The first-order chi connectivity index (χ1) is 13.3. The fourth-order valence-electron chi connectivity index (χ4n) is 2.56. The molecule has 0 saturated heterocycles. The van der Waals surface area contributed by atoms with E-state index in [4.69, 9.17) is 0 Å². The molecule has 0 unspecified atom stereocenters. The summed E-state index contributed by atoms with van der Waals surface area (Å²) in [5.74, 6) is -1.98. The Labute approximate surface area is 179 Å². The molecule has 0 aliphatic heterocycles. The molecule has 2 heterocycles. The molecule has 29 heavy (non-hydrogen) atoms. The number of carbonyl (C=O) groups is 1. The van der Waals surface area contributed by atoms with E-state index < -0.39 is 22.5 Å². The Morgan fingerprint density at radius 2 is 1.93 bits per heavy atom. The van der Waals surface area contributed by atoms with Crippen molar-refractivity contribution in [1.29, 1.82) is 0 Å². The molecule has 156 valence electrons. The molecule has 7 nitrogen and oxygen atoms in total. The van der Waals surface area contributed by atoms with Crippen LogP contribution in [0.15, 0.2) is 24.3 Å². The summed E-state index contributed by atoms with van der Waals surface area (Å²) in [5, 5.41) is 11.0. The molecule has 0 radical (unpaired) electrons. The molecule has 0 atom stereocenters. The lowest BCUT2D eigenvalue weighted by atomic mass is 10.3. The van der Waals surface area contributed by atoms with E-state index in [0.717, 1.165) is 34.8 Å². The molecule has 0 N–H and O–H groups in total. The first kappa shape index (κ1) is 23.1. The molecule has 1 amide bonds. The maximum atomic E-state index is 14.0. The lowest BCUT2D eigenvalue weighted by Gasteiger charge is -2.20. The zero-order valence-electron chi connectivity index (χ0n) is 15.4. The highest BCUT2D eigenvalue weighted by Gasteiger charge is 2.25. The molecule has 1 aromatic carbocycles. The Balaban J connectivity index is 0.00000300. The minimum Gasteiger partial charge on any atom is -0.309 e. The molecule has 0 aliphatic rings. The number of carbonyl (C=O) groups excluding carboxylic acids is 1. The Bertz CT molecular complexity index is 1040. The first-order valence-corrected chi connectivity index (χ1v) is 9.86. The number of anilines is 1. The number of thiazole rings is 1. The van der Waals surface area contributed by atoms with Gasteiger partial charge in [-0.25, -0.2) is 13.8 Å². The van der Waals surface area contributed by atoms with Crippen LogP contribution in [0.1, 0.15) is 16.1 Å². The quantitative estimate of drug-likeness (QED) is 0.379. The van der Waals surface area contributed by atoms with Crippen LogP contribution in [0.4, 0.5) is 18.9 Å². The van der Waals surface area contributed by atoms with Gasteiger partial charge in [0.25, 0.3) is 5.91 Å². The van der Waals surface area contributed by atoms with Gasteiger partial charge >= 0.3 is 5.00 Å². The molecule has 3 rings (SSSR count). The zero-order chi connectivity index (χ0) is 20.4. The van der Waals surface area contributed by atoms with Crippen LogP contribution in [0.5, 0.6) is 0 Å². The van der Waals surface area contributed by atoms with E-state index >= 15 is 0 Å². The van der Waals surface area contributed by atoms with Gasteiger partial charge in [-0.1, -0.05) is 22.7 Å². The van der Waals surface area contributed by atoms with Crippen molar-refractivity contribution < 1.29 is 18.5 Å². The van der Waals surface area contributed by atoms with Crippen molar-refractivity contribution in [3.63, 3.8) is 0 Å². The van der Waals surface area contributed by atoms with Crippen LogP contribution in [0.3, 0.4) is 0 Å². The third-order valence-corrected chi connectivity index (χ3v) is 5.90. The van der Waals surface area contributed by atoms with Crippen molar-refractivity contribution >= 4 is 61.3 Å². The standard InChI is InChI=1S/C17H16F2N4O3S2.ClH/c1-21(2)6-3-7-22(16(24)12-4-5-14(27-12)23(25)26)17-20-15-11(19)8-10(18)9-13(15)28-17;/h4-5,8-9H,3,6-7H2,1-2H3;1H. The monoisotopic (exact) mass is 462 g/mol. The highest BCUT2D eigenvalue weighted by molar-refractivity contribution is 7.22. The first-order valence-electron chi connectivity index (χ1n) is 8.22. The largest absolute Gasteiger partial charge is 0.324 e. The second-order valence-corrected chi connectivity index (χ2v) is 8.31. The molecule has 12 heteroatoms. The molecule has 0 fully saturated rings. The van der Waals surface area contributed by atoms with Crippen molar-refractivity contribution in [3.8, 4) is 0 Å². The Morgan fingerprint density at radius 1 is 1.21 bits per heavy atom. The second kappa shape index (κ2) is 9.53. The maximum absolute atomic E-state index is 14.0. The van der Waals surface area contributed by atoms with E-state index in [1.165, 1.54) is 17.0 Å². The van der Waals surface area contributed by atoms with Crippen molar-refractivity contribution in [1.82, 2.24) is 9.88 Å². The topological polar surface area (TPSA) is 79.6 Å². The fourth-order valence-corrected chi connectivity index (χ4v) is 4.36. The van der Waals surface area contributed by atoms with E-state index in [1.54, 1.807) is 0 Å². The molecule has 3 aromatic rings. The van der Waals surface area contributed by atoms with Gasteiger partial charge in [0.05, 0.1) is 14.5 Å². The molecule has 0 aliphatic carbocycles. The summed E-state index contributed by atoms with van der Waals surface area (Å²) < 4.78 is 27.8. The summed E-state index contributed by atoms with van der Waals surface area (Å²) >= 11 is 1.77. The molecule has 0 spiro atoms. The number of fused-ring (bicyclic) bond motifs is 1. The number of hydrogen-bond donors (Lipinski definition) is 0. The molecule has 0 bridgehead atoms. The normalized spacial score (nSPS) is 10.9. The third kappa shape index (κ3) is 5.24. The lowest BCUT2D eigenvalue weighted by molar-refractivity contribution is -0.380. The predicted octanol–water partition coefficient (Wildman–Crippen LogP) is 4.56. The van der Waals surface area contributed by atoms with Gasteiger partial charge in [-0.2, -0.15) is 0 Å². The summed E-state index contributed by atoms with van der Waals surface area (Å²) in [7, 11) is 3.79. The number of rotatable bonds is 7. The van der Waals surface area contributed by atoms with Crippen molar-refractivity contribution in [2.75, 3.05) is 32.1 Å². The number of nitrogens with zero attached hydrogens (tertiary/aromatic N) is 4. The summed E-state index contributed by atoms with van der Waals surface area (Å²) in [6, 6.07) is 4.56. The smallest absolute Gasteiger partial charge is 0.309 e. The number of halogens is 3. The number of nitro groups is 1. The number of thiophene rings is 1. The third-order valence-electron chi connectivity index (χ3n) is 3.85. The summed E-state index contributed by atoms with van der Waals surface area (Å²) in [5.41, 5.74) is -0.0102. The van der Waals surface area contributed by atoms with Crippen LogP contribution < -0.4 is 4.90 Å². The van der Waals surface area contributed by atoms with Gasteiger partial charge in [0, 0.05) is 18.7 Å². The molecule has 2 aromatic heterocycles. The van der Waals surface area contributed by atoms with Crippen molar-refractivity contribution in [2.45, 2.75) is 6.42 Å². The molecular formula is C17H17ClF2N4O3S2. The van der Waals surface area contributed by atoms with Crippen LogP contribution in [0.2, 0.25) is 0 Å². The lowest BCUT2D eigenvalue weighted by Crippen LogP contribution is -2.33. The van der Waals surface area contributed by atoms with Crippen molar-refractivity contribution in [2.24, 2.45) is 0 Å². The predicted molar refractivity (Wildman–Crippen MR) is 113 cm³/mol. The second-order valence-electron chi connectivity index (χ2n) is 6.24. The maximum Gasteiger partial charge on any atom is 0.324 e. The van der Waals surface area contributed by atoms with Gasteiger partial charge in [0.1, 0.15) is 11.3 Å². The van der Waals surface area contributed by atoms with Gasteiger partial charge in [0.15, 0.2) is 10.9 Å². The molecule has 0 saturated carbocycles. The van der Waals surface area contributed by atoms with Gasteiger partial charge in [-0.05, 0) is 39.2 Å². The van der Waals surface area contributed by atoms with Crippen LogP contribution in [-0.4, -0.2) is 47.9 Å². The van der Waals surface area contributed by atoms with Crippen LogP contribution >= 0.6 is 35.1 Å². The van der Waals surface area contributed by atoms with E-state index in [0.29, 0.717) is 13.0 Å². The van der Waals surface area contributed by atoms with Gasteiger partial charge < -0.3 is 4.90 Å². The van der Waals surface area contributed by atoms with E-state index in [-0.39, 0.29) is 44.2 Å². The summed E-state index contributed by atoms with van der Waals surface area (Å²) in [4.78, 5) is 31.0. The average Bonchev–Trinajstić information content (AvgIpc) is 3.25. The number of benzene rings is 1. The molecular weight excluding hydrogens is 446 g/mol. The van der Waals surface area contributed by atoms with Crippen LogP contribution in [0, 0.1) is 21.7 Å². The number of aromatic nitrogens is 1. The van der Waals surface area contributed by atoms with E-state index in [2.05, 4.69) is 4.98 Å². The zero-order valence-corrected chi connectivity index (χ0v) is 17.9. The Morgan fingerprint density at radius 3 is 2.55 bits per heavy atom. The summed E-state index contributed by atoms with van der Waals surface area (Å²) in [6.07, 6.45) is 0.610. The SMILES string of the molecule is CN(C)CCCN(C(=O)c1ccc([N+](=O)[O-])s1)c1nc2c(F)cc(F)cc2s1.Cl. The highest BCUT2D eigenvalue weighted by Crippen LogP contribution is 2.33. The van der Waals surface area contributed by atoms with E-state index in [1.807, 2.05) is 19.0 Å². The van der Waals surface area contributed by atoms with Crippen LogP contribution in [0.25, 0.3) is 10.2 Å². The highest BCUT2D eigenvalue weighted by atomic mass is 35.5. The average molecular weight is 463 g/mol. The van der Waals surface area contributed by atoms with E-state index in [9.17, 15) is 23.7 Å².